The van der Waals surface area contributed by atoms with Crippen LogP contribution in [0.1, 0.15) is 6.92 Å². The number of amides is 1. The summed E-state index contributed by atoms with van der Waals surface area (Å²) in [4.78, 5) is 27.3. The van der Waals surface area contributed by atoms with Crippen LogP contribution in [-0.2, 0) is 14.3 Å². The molecule has 1 fully saturated rings. The summed E-state index contributed by atoms with van der Waals surface area (Å²) in [6.45, 7) is 3.52. The highest BCUT2D eigenvalue weighted by Gasteiger charge is 2.29. The van der Waals surface area contributed by atoms with Crippen LogP contribution >= 0.6 is 15.9 Å². The van der Waals surface area contributed by atoms with Crippen molar-refractivity contribution in [1.29, 1.82) is 0 Å². The van der Waals surface area contributed by atoms with Gasteiger partial charge in [-0.05, 0) is 31.2 Å². The van der Waals surface area contributed by atoms with Crippen molar-refractivity contribution in [2.24, 2.45) is 0 Å². The minimum Gasteiger partial charge on any atom is -0.463 e. The summed E-state index contributed by atoms with van der Waals surface area (Å²) in [5.41, 5.74) is 1.05. The van der Waals surface area contributed by atoms with Gasteiger partial charge in [-0.3, -0.25) is 4.79 Å². The summed E-state index contributed by atoms with van der Waals surface area (Å²) >= 11 is 3.41. The first kappa shape index (κ1) is 18.5. The molecule has 1 aromatic rings. The first-order valence-electron chi connectivity index (χ1n) is 7.82. The van der Waals surface area contributed by atoms with Gasteiger partial charge in [-0.2, -0.15) is 0 Å². The maximum atomic E-state index is 12.3. The normalized spacial score (nSPS) is 18.0. The third kappa shape index (κ3) is 4.82. The maximum Gasteiger partial charge on any atom is 0.330 e. The average Bonchev–Trinajstić information content (AvgIpc) is 2.60. The van der Waals surface area contributed by atoms with Gasteiger partial charge in [0.2, 0.25) is 5.91 Å². The molecule has 1 aliphatic rings. The summed E-state index contributed by atoms with van der Waals surface area (Å²) in [5, 5.41) is 9.64. The second kappa shape index (κ2) is 8.84. The number of esters is 1. The lowest BCUT2D eigenvalue weighted by molar-refractivity contribution is -0.138. The Morgan fingerprint density at radius 2 is 2.00 bits per heavy atom. The number of carbonyl (C=O) groups excluding carboxylic acids is 2. The Labute approximate surface area is 149 Å². The molecule has 1 aromatic carbocycles. The van der Waals surface area contributed by atoms with E-state index in [1.165, 1.54) is 6.08 Å². The Bertz CT molecular complexity index is 603. The lowest BCUT2D eigenvalue weighted by Gasteiger charge is -2.41. The van der Waals surface area contributed by atoms with E-state index in [4.69, 9.17) is 4.74 Å². The third-order valence-corrected chi connectivity index (χ3v) is 4.35. The van der Waals surface area contributed by atoms with Crippen LogP contribution in [0.3, 0.4) is 0 Å². The van der Waals surface area contributed by atoms with E-state index in [9.17, 15) is 14.7 Å². The van der Waals surface area contributed by atoms with Gasteiger partial charge >= 0.3 is 5.97 Å². The fourth-order valence-electron chi connectivity index (χ4n) is 2.61. The van der Waals surface area contributed by atoms with Crippen molar-refractivity contribution in [2.45, 2.75) is 13.0 Å². The van der Waals surface area contributed by atoms with Crippen molar-refractivity contribution in [1.82, 2.24) is 4.90 Å². The van der Waals surface area contributed by atoms with Crippen LogP contribution < -0.4 is 4.90 Å². The van der Waals surface area contributed by atoms with E-state index in [1.807, 2.05) is 24.3 Å². The van der Waals surface area contributed by atoms with Crippen LogP contribution in [-0.4, -0.2) is 60.8 Å². The zero-order valence-corrected chi connectivity index (χ0v) is 15.1. The number of nitrogens with zero attached hydrogens (tertiary/aromatic N) is 2. The van der Waals surface area contributed by atoms with Gasteiger partial charge in [0.1, 0.15) is 0 Å². The van der Waals surface area contributed by atoms with Gasteiger partial charge in [0.25, 0.3) is 0 Å². The second-order valence-corrected chi connectivity index (χ2v) is 6.29. The van der Waals surface area contributed by atoms with Gasteiger partial charge in [-0.25, -0.2) is 4.79 Å². The number of piperazine rings is 1. The van der Waals surface area contributed by atoms with Crippen LogP contribution in [0.15, 0.2) is 40.9 Å². The molecule has 0 spiro atoms. The monoisotopic (exact) mass is 396 g/mol. The zero-order valence-electron chi connectivity index (χ0n) is 13.5. The quantitative estimate of drug-likeness (QED) is 0.604. The smallest absolute Gasteiger partial charge is 0.330 e. The molecule has 130 valence electrons. The third-order valence-electron chi connectivity index (χ3n) is 3.82. The van der Waals surface area contributed by atoms with Crippen molar-refractivity contribution in [3.63, 3.8) is 0 Å². The number of hydrogen-bond acceptors (Lipinski definition) is 5. The van der Waals surface area contributed by atoms with Gasteiger partial charge in [-0.1, -0.05) is 15.9 Å². The number of aliphatic hydroxyl groups excluding tert-OH is 1. The Morgan fingerprint density at radius 1 is 1.29 bits per heavy atom. The minimum absolute atomic E-state index is 0.133. The van der Waals surface area contributed by atoms with Crippen LogP contribution in [0.5, 0.6) is 0 Å². The lowest BCUT2D eigenvalue weighted by Crippen LogP contribution is -2.56. The van der Waals surface area contributed by atoms with Crippen LogP contribution in [0.4, 0.5) is 5.69 Å². The number of aliphatic hydroxyl groups is 1. The maximum absolute atomic E-state index is 12.3. The molecule has 7 heteroatoms. The summed E-state index contributed by atoms with van der Waals surface area (Å²) in [7, 11) is 0. The van der Waals surface area contributed by atoms with Gasteiger partial charge in [0.05, 0.1) is 19.3 Å². The number of anilines is 1. The molecule has 0 aromatic heterocycles. The summed E-state index contributed by atoms with van der Waals surface area (Å²) in [6, 6.07) is 7.60. The zero-order chi connectivity index (χ0) is 17.5. The van der Waals surface area contributed by atoms with Gasteiger partial charge in [0.15, 0.2) is 0 Å². The van der Waals surface area contributed by atoms with E-state index in [2.05, 4.69) is 20.8 Å². The summed E-state index contributed by atoms with van der Waals surface area (Å²) in [6.07, 6.45) is 2.33. The molecule has 1 amide bonds. The number of hydrogen-bond donors (Lipinski definition) is 1. The van der Waals surface area contributed by atoms with E-state index in [-0.39, 0.29) is 25.2 Å². The van der Waals surface area contributed by atoms with Crippen LogP contribution in [0.25, 0.3) is 0 Å². The molecule has 2 rings (SSSR count). The summed E-state index contributed by atoms with van der Waals surface area (Å²) in [5.74, 6) is -0.836. The molecular weight excluding hydrogens is 376 g/mol. The molecule has 1 heterocycles. The van der Waals surface area contributed by atoms with E-state index < -0.39 is 5.97 Å². The molecule has 24 heavy (non-hydrogen) atoms. The molecule has 1 atom stereocenters. The van der Waals surface area contributed by atoms with E-state index >= 15 is 0 Å². The number of carbonyl (C=O) groups is 2. The molecule has 0 aliphatic carbocycles. The molecule has 0 radical (unpaired) electrons. The van der Waals surface area contributed by atoms with Gasteiger partial charge in [-0.15, -0.1) is 0 Å². The topological polar surface area (TPSA) is 70.1 Å². The number of rotatable bonds is 5. The fourth-order valence-corrected chi connectivity index (χ4v) is 2.88. The Morgan fingerprint density at radius 3 is 2.62 bits per heavy atom. The SMILES string of the molecule is CCOC(=O)/C=C/C(=O)N1CCN(c2ccc(Br)cc2)C[C@@H]1CO. The number of halogens is 1. The minimum atomic E-state index is -0.542. The first-order valence-corrected chi connectivity index (χ1v) is 8.61. The standard InChI is InChI=1S/C17H21BrN2O4/c1-2-24-17(23)8-7-16(22)20-10-9-19(11-15(20)12-21)14-5-3-13(18)4-6-14/h3-8,15,21H,2,9-12H2,1H3/b8-7+/t15-/m1/s1. The van der Waals surface area contributed by atoms with E-state index in [0.29, 0.717) is 19.6 Å². The van der Waals surface area contributed by atoms with E-state index in [1.54, 1.807) is 11.8 Å². The largest absolute Gasteiger partial charge is 0.463 e. The molecule has 1 N–H and O–H groups in total. The van der Waals surface area contributed by atoms with Crippen LogP contribution in [0.2, 0.25) is 0 Å². The number of ether oxygens (including phenoxy) is 1. The van der Waals surface area contributed by atoms with Crippen molar-refractivity contribution >= 4 is 33.5 Å². The van der Waals surface area contributed by atoms with Crippen molar-refractivity contribution < 1.29 is 19.4 Å². The van der Waals surface area contributed by atoms with Crippen molar-refractivity contribution in [2.75, 3.05) is 37.7 Å². The van der Waals surface area contributed by atoms with Crippen LogP contribution in [0, 0.1) is 0 Å². The molecule has 0 unspecified atom stereocenters. The molecule has 0 saturated carbocycles. The Kier molecular flexibility index (Phi) is 6.81. The molecule has 1 saturated heterocycles. The van der Waals surface area contributed by atoms with E-state index in [0.717, 1.165) is 16.2 Å². The predicted molar refractivity (Wildman–Crippen MR) is 94.7 cm³/mol. The van der Waals surface area contributed by atoms with Crippen molar-refractivity contribution in [3.8, 4) is 0 Å². The Hall–Kier alpha value is -1.86. The van der Waals surface area contributed by atoms with Gasteiger partial charge < -0.3 is 19.6 Å². The molecule has 0 bridgehead atoms. The highest BCUT2D eigenvalue weighted by Crippen LogP contribution is 2.21. The predicted octanol–water partition coefficient (Wildman–Crippen LogP) is 1.58. The average molecular weight is 397 g/mol. The summed E-state index contributed by atoms with van der Waals surface area (Å²) < 4.78 is 5.76. The molecular formula is C17H21BrN2O4. The highest BCUT2D eigenvalue weighted by molar-refractivity contribution is 9.10. The molecule has 6 nitrogen and oxygen atoms in total. The lowest BCUT2D eigenvalue weighted by atomic mass is 10.1. The fraction of sp³-hybridized carbons (Fsp3) is 0.412. The highest BCUT2D eigenvalue weighted by atomic mass is 79.9. The Balaban J connectivity index is 2.00. The molecule has 1 aliphatic heterocycles. The first-order chi connectivity index (χ1) is 11.5. The second-order valence-electron chi connectivity index (χ2n) is 5.38. The van der Waals surface area contributed by atoms with Crippen molar-refractivity contribution in [3.05, 3.63) is 40.9 Å². The number of benzene rings is 1. The van der Waals surface area contributed by atoms with Gasteiger partial charge in [0, 0.05) is 41.9 Å².